The van der Waals surface area contributed by atoms with Crippen LogP contribution in [0.4, 0.5) is 0 Å². The van der Waals surface area contributed by atoms with Crippen LogP contribution < -0.4 is 0 Å². The Bertz CT molecular complexity index is 493. The van der Waals surface area contributed by atoms with Gasteiger partial charge in [0.15, 0.2) is 0 Å². The summed E-state index contributed by atoms with van der Waals surface area (Å²) < 4.78 is 51.2. The van der Waals surface area contributed by atoms with Gasteiger partial charge in [-0.2, -0.15) is 8.42 Å². The van der Waals surface area contributed by atoms with E-state index in [1.165, 1.54) is 18.2 Å². The Hall–Kier alpha value is -0.920. The third-order valence-electron chi connectivity index (χ3n) is 1.55. The molecule has 1 aromatic carbocycles. The molecule has 78 valence electrons. The fourth-order valence-corrected chi connectivity index (χ4v) is 2.41. The predicted molar refractivity (Wildman–Crippen MR) is 50.3 cm³/mol. The molecule has 14 heavy (non-hydrogen) atoms. The fourth-order valence-electron chi connectivity index (χ4n) is 1.03. The van der Waals surface area contributed by atoms with Crippen molar-refractivity contribution in [1.29, 1.82) is 0 Å². The third-order valence-corrected chi connectivity index (χ3v) is 3.10. The molecule has 0 amide bonds. The summed E-state index contributed by atoms with van der Waals surface area (Å²) in [6.45, 7) is 0. The van der Waals surface area contributed by atoms with E-state index in [1.807, 2.05) is 0 Å². The molecule has 5 nitrogen and oxygen atoms in total. The van der Waals surface area contributed by atoms with Crippen molar-refractivity contribution < 1.29 is 21.4 Å². The van der Waals surface area contributed by atoms with Crippen molar-refractivity contribution in [3.8, 4) is 0 Å². The van der Waals surface area contributed by atoms with Gasteiger partial charge in [-0.3, -0.25) is 4.55 Å². The Morgan fingerprint density at radius 1 is 1.21 bits per heavy atom. The Balaban J connectivity index is 3.30. The van der Waals surface area contributed by atoms with Crippen LogP contribution >= 0.6 is 0 Å². The lowest BCUT2D eigenvalue weighted by Crippen LogP contribution is -2.03. The van der Waals surface area contributed by atoms with Crippen LogP contribution in [0, 0.1) is 0 Å². The topological polar surface area (TPSA) is 88.5 Å². The quantitative estimate of drug-likeness (QED) is 0.571. The first kappa shape index (κ1) is 11.2. The molecule has 7 heteroatoms. The molecule has 1 aromatic rings. The van der Waals surface area contributed by atoms with Gasteiger partial charge in [0.25, 0.3) is 10.1 Å². The largest absolute Gasteiger partial charge is 0.294 e. The van der Waals surface area contributed by atoms with Crippen molar-refractivity contribution in [2.45, 2.75) is 10.6 Å². The van der Waals surface area contributed by atoms with E-state index in [0.29, 0.717) is 0 Å². The van der Waals surface area contributed by atoms with Crippen molar-refractivity contribution in [3.05, 3.63) is 29.8 Å². The highest BCUT2D eigenvalue weighted by Gasteiger charge is 2.14. The summed E-state index contributed by atoms with van der Waals surface area (Å²) in [5.41, 5.74) is 0.0751. The molecule has 0 fully saturated rings. The van der Waals surface area contributed by atoms with E-state index in [2.05, 4.69) is 0 Å². The van der Waals surface area contributed by atoms with Crippen LogP contribution in [0.1, 0.15) is 5.56 Å². The van der Waals surface area contributed by atoms with Crippen LogP contribution in [-0.2, 0) is 26.6 Å². The lowest BCUT2D eigenvalue weighted by molar-refractivity contribution is 0.482. The Kier molecular flexibility index (Phi) is 3.25. The molecule has 0 heterocycles. The average molecular weight is 236 g/mol. The van der Waals surface area contributed by atoms with Gasteiger partial charge in [0.1, 0.15) is 10.7 Å². The summed E-state index contributed by atoms with van der Waals surface area (Å²) in [4.78, 5) is -0.362. The molecule has 1 N–H and O–H groups in total. The maximum Gasteiger partial charge on any atom is 0.294 e. The van der Waals surface area contributed by atoms with Crippen molar-refractivity contribution in [2.75, 3.05) is 0 Å². The molecular formula is C7H8O5S2. The zero-order valence-corrected chi connectivity index (χ0v) is 8.66. The van der Waals surface area contributed by atoms with E-state index in [0.717, 1.165) is 6.07 Å². The smallest absolute Gasteiger partial charge is 0.282 e. The Morgan fingerprint density at radius 2 is 1.79 bits per heavy atom. The molecular weight excluding hydrogens is 228 g/mol. The van der Waals surface area contributed by atoms with Crippen molar-refractivity contribution in [1.82, 2.24) is 0 Å². The normalized spacial score (nSPS) is 11.9. The first-order valence-corrected chi connectivity index (χ1v) is 6.39. The maximum absolute atomic E-state index is 10.8. The van der Waals surface area contributed by atoms with Gasteiger partial charge in [0.05, 0.1) is 10.6 Å². The van der Waals surface area contributed by atoms with Crippen molar-refractivity contribution in [2.24, 2.45) is 0 Å². The molecule has 0 saturated heterocycles. The highest BCUT2D eigenvalue weighted by molar-refractivity contribution is 7.86. The summed E-state index contributed by atoms with van der Waals surface area (Å²) in [6.07, 6.45) is 0. The van der Waals surface area contributed by atoms with Gasteiger partial charge < -0.3 is 0 Å². The van der Waals surface area contributed by atoms with Crippen LogP contribution in [-0.4, -0.2) is 21.4 Å². The van der Waals surface area contributed by atoms with Gasteiger partial charge >= 0.3 is 0 Å². The van der Waals surface area contributed by atoms with E-state index < -0.39 is 26.6 Å². The van der Waals surface area contributed by atoms with Crippen molar-refractivity contribution in [3.63, 3.8) is 0 Å². The molecule has 0 aromatic heterocycles. The van der Waals surface area contributed by atoms with Gasteiger partial charge in [-0.15, -0.1) is 0 Å². The number of hydrogen-bond donors (Lipinski definition) is 2. The van der Waals surface area contributed by atoms with Crippen LogP contribution in [0.2, 0.25) is 0 Å². The fraction of sp³-hybridized carbons (Fsp3) is 0.143. The molecule has 0 aliphatic rings. The molecule has 0 spiro atoms. The molecule has 0 bridgehead atoms. The predicted octanol–water partition coefficient (Wildman–Crippen LogP) is 0.0447. The van der Waals surface area contributed by atoms with E-state index in [1.54, 1.807) is 0 Å². The van der Waals surface area contributed by atoms with Crippen molar-refractivity contribution >= 4 is 20.8 Å². The third kappa shape index (κ3) is 2.79. The zero-order chi connectivity index (χ0) is 10.8. The van der Waals surface area contributed by atoms with E-state index >= 15 is 0 Å². The standard InChI is InChI=1S/C7H8O5S2/c8-13(9)5-6-3-1-2-4-7(6)14(10,11)12/h1-4,13H,5H2,(H,10,11,12). The molecule has 0 aliphatic carbocycles. The highest BCUT2D eigenvalue weighted by Crippen LogP contribution is 2.15. The Morgan fingerprint density at radius 3 is 2.29 bits per heavy atom. The molecule has 0 atom stereocenters. The second-order valence-corrected chi connectivity index (χ2v) is 4.95. The second kappa shape index (κ2) is 4.07. The van der Waals surface area contributed by atoms with Gasteiger partial charge in [-0.05, 0) is 11.6 Å². The first-order chi connectivity index (χ1) is 6.41. The number of thiol groups is 1. The lowest BCUT2D eigenvalue weighted by atomic mass is 10.2. The molecule has 0 saturated carbocycles. The van der Waals surface area contributed by atoms with Crippen LogP contribution in [0.25, 0.3) is 0 Å². The minimum Gasteiger partial charge on any atom is -0.282 e. The van der Waals surface area contributed by atoms with E-state index in [4.69, 9.17) is 4.55 Å². The summed E-state index contributed by atoms with van der Waals surface area (Å²) in [5.74, 6) is -0.398. The van der Waals surface area contributed by atoms with E-state index in [-0.39, 0.29) is 10.5 Å². The molecule has 0 aliphatic heterocycles. The number of hydrogen-bond acceptors (Lipinski definition) is 4. The average Bonchev–Trinajstić information content (AvgIpc) is 2.01. The lowest BCUT2D eigenvalue weighted by Gasteiger charge is -2.02. The first-order valence-electron chi connectivity index (χ1n) is 3.58. The minimum atomic E-state index is -4.35. The van der Waals surface area contributed by atoms with Crippen LogP contribution in [0.15, 0.2) is 29.2 Å². The van der Waals surface area contributed by atoms with Crippen LogP contribution in [0.5, 0.6) is 0 Å². The number of rotatable bonds is 3. The molecule has 0 radical (unpaired) electrons. The maximum atomic E-state index is 10.8. The highest BCUT2D eigenvalue weighted by atomic mass is 32.2. The summed E-state index contributed by atoms with van der Waals surface area (Å²) in [5, 5.41) is 0. The van der Waals surface area contributed by atoms with Gasteiger partial charge in [-0.25, -0.2) is 8.42 Å². The van der Waals surface area contributed by atoms with Gasteiger partial charge in [0, 0.05) is 0 Å². The second-order valence-electron chi connectivity index (χ2n) is 2.57. The summed E-state index contributed by atoms with van der Waals surface area (Å²) >= 11 is 0. The summed E-state index contributed by atoms with van der Waals surface area (Å²) in [7, 11) is -7.06. The molecule has 1 rings (SSSR count). The minimum absolute atomic E-state index is 0.0751. The van der Waals surface area contributed by atoms with Gasteiger partial charge in [0.2, 0.25) is 0 Å². The zero-order valence-electron chi connectivity index (χ0n) is 6.95. The Labute approximate surface area is 83.1 Å². The van der Waals surface area contributed by atoms with Gasteiger partial charge in [-0.1, -0.05) is 18.2 Å². The summed E-state index contributed by atoms with van der Waals surface area (Å²) in [6, 6.07) is 5.41. The number of benzene rings is 1. The monoisotopic (exact) mass is 236 g/mol. The molecule has 0 unspecified atom stereocenters. The van der Waals surface area contributed by atoms with Crippen LogP contribution in [0.3, 0.4) is 0 Å². The SMILES string of the molecule is O=[SH](=O)Cc1ccccc1S(=O)(=O)O. The van der Waals surface area contributed by atoms with E-state index in [9.17, 15) is 16.8 Å².